The normalized spacial score (nSPS) is 10.4. The molecule has 2 rings (SSSR count). The second-order valence-corrected chi connectivity index (χ2v) is 9.72. The van der Waals surface area contributed by atoms with Crippen LogP contribution in [0.2, 0.25) is 0 Å². The Labute approximate surface area is 141 Å². The Hall–Kier alpha value is 0.692. The molecular formula is C13H11Cl4PPd. The first-order chi connectivity index (χ1) is 9.20. The van der Waals surface area contributed by atoms with Crippen molar-refractivity contribution in [1.82, 2.24) is 0 Å². The van der Waals surface area contributed by atoms with Crippen LogP contribution in [0.15, 0.2) is 60.7 Å². The van der Waals surface area contributed by atoms with Gasteiger partial charge in [0.25, 0.3) is 0 Å². The van der Waals surface area contributed by atoms with Crippen LogP contribution >= 0.6 is 50.2 Å². The SMILES string of the molecule is ClC(Cl)P(c1ccccc1)c1ccccc1.[Cl][Pd][Cl]. The second kappa shape index (κ2) is 10.4. The van der Waals surface area contributed by atoms with Crippen LogP contribution in [0.5, 0.6) is 0 Å². The van der Waals surface area contributed by atoms with E-state index < -0.39 is 7.92 Å². The van der Waals surface area contributed by atoms with Crippen LogP contribution in [0, 0.1) is 0 Å². The first-order valence-corrected chi connectivity index (χ1v) is 11.5. The van der Waals surface area contributed by atoms with Gasteiger partial charge in [-0.15, -0.1) is 0 Å². The van der Waals surface area contributed by atoms with E-state index in [0.29, 0.717) is 0 Å². The summed E-state index contributed by atoms with van der Waals surface area (Å²) in [6, 6.07) is 20.4. The molecule has 0 amide bonds. The summed E-state index contributed by atoms with van der Waals surface area (Å²) in [5.74, 6) is 0. The number of hydrogen-bond acceptors (Lipinski definition) is 0. The molecule has 0 heterocycles. The molecule has 2 aromatic carbocycles. The molecule has 0 aromatic heterocycles. The zero-order chi connectivity index (χ0) is 14.1. The van der Waals surface area contributed by atoms with E-state index >= 15 is 0 Å². The van der Waals surface area contributed by atoms with Crippen LogP contribution in [0.4, 0.5) is 0 Å². The van der Waals surface area contributed by atoms with Crippen LogP contribution in [0.25, 0.3) is 0 Å². The minimum atomic E-state index is -0.679. The van der Waals surface area contributed by atoms with Gasteiger partial charge in [-0.25, -0.2) is 0 Å². The standard InChI is InChI=1S/C13H11Cl2P.2ClH.Pd/c14-13(15)16(11-7-3-1-4-8-11)12-9-5-2-6-10-12;;;/h1-10,13H;2*1H;/q;;;+2/p-2. The van der Waals surface area contributed by atoms with Crippen molar-refractivity contribution in [2.75, 3.05) is 0 Å². The van der Waals surface area contributed by atoms with Crippen molar-refractivity contribution in [2.45, 2.75) is 4.58 Å². The van der Waals surface area contributed by atoms with Crippen molar-refractivity contribution in [1.29, 1.82) is 0 Å². The van der Waals surface area contributed by atoms with Gasteiger partial charge in [-0.2, -0.15) is 0 Å². The fourth-order valence-electron chi connectivity index (χ4n) is 1.55. The Morgan fingerprint density at radius 2 is 1.05 bits per heavy atom. The zero-order valence-corrected chi connectivity index (χ0v) is 15.1. The van der Waals surface area contributed by atoms with Gasteiger partial charge in [0, 0.05) is 0 Å². The molecule has 0 spiro atoms. The number of hydrogen-bond donors (Lipinski definition) is 0. The number of benzene rings is 2. The monoisotopic (exact) mass is 444 g/mol. The van der Waals surface area contributed by atoms with Gasteiger partial charge >= 0.3 is 35.0 Å². The van der Waals surface area contributed by atoms with Gasteiger partial charge in [0.2, 0.25) is 0 Å². The van der Waals surface area contributed by atoms with E-state index in [1.807, 2.05) is 36.4 Å². The van der Waals surface area contributed by atoms with E-state index in [9.17, 15) is 0 Å². The Morgan fingerprint density at radius 1 is 0.737 bits per heavy atom. The Kier molecular flexibility index (Phi) is 9.73. The molecule has 0 saturated carbocycles. The topological polar surface area (TPSA) is 0 Å². The molecule has 0 unspecified atom stereocenters. The van der Waals surface area contributed by atoms with Crippen LogP contribution in [0.1, 0.15) is 0 Å². The molecule has 106 valence electrons. The molecule has 6 heteroatoms. The molecule has 0 aliphatic rings. The van der Waals surface area contributed by atoms with Gasteiger partial charge in [0.05, 0.1) is 0 Å². The summed E-state index contributed by atoms with van der Waals surface area (Å²) in [6.45, 7) is 0. The minimum absolute atomic E-state index is 0.106. The van der Waals surface area contributed by atoms with E-state index in [-0.39, 0.29) is 20.5 Å². The van der Waals surface area contributed by atoms with E-state index in [2.05, 4.69) is 24.3 Å². The van der Waals surface area contributed by atoms with Crippen LogP contribution < -0.4 is 10.6 Å². The Morgan fingerprint density at radius 3 is 1.32 bits per heavy atom. The molecule has 0 bridgehead atoms. The third-order valence-corrected chi connectivity index (χ3v) is 5.53. The fourth-order valence-corrected chi connectivity index (χ4v) is 4.64. The third kappa shape index (κ3) is 6.33. The van der Waals surface area contributed by atoms with Crippen LogP contribution in [-0.4, -0.2) is 4.58 Å². The zero-order valence-electron chi connectivity index (χ0n) is 9.63. The summed E-state index contributed by atoms with van der Waals surface area (Å²) >= 11 is 12.1. The molecule has 0 N–H and O–H groups in total. The van der Waals surface area contributed by atoms with Crippen LogP contribution in [0.3, 0.4) is 0 Å². The van der Waals surface area contributed by atoms with Gasteiger partial charge < -0.3 is 0 Å². The summed E-state index contributed by atoms with van der Waals surface area (Å²) < 4.78 is -0.375. The maximum atomic E-state index is 6.11. The molecule has 0 atom stereocenters. The van der Waals surface area contributed by atoms with E-state index in [0.717, 1.165) is 0 Å². The van der Waals surface area contributed by atoms with Crippen molar-refractivity contribution in [3.63, 3.8) is 0 Å². The average molecular weight is 446 g/mol. The predicted molar refractivity (Wildman–Crippen MR) is 86.3 cm³/mol. The molecule has 0 radical (unpaired) electrons. The summed E-state index contributed by atoms with van der Waals surface area (Å²) in [6.07, 6.45) is 0. The molecule has 0 aliphatic carbocycles. The van der Waals surface area contributed by atoms with Gasteiger partial charge in [0.1, 0.15) is 4.58 Å². The molecular weight excluding hydrogens is 435 g/mol. The molecule has 19 heavy (non-hydrogen) atoms. The van der Waals surface area contributed by atoms with Gasteiger partial charge in [-0.1, -0.05) is 83.9 Å². The summed E-state index contributed by atoms with van der Waals surface area (Å²) in [4.78, 5) is 0. The van der Waals surface area contributed by atoms with Crippen molar-refractivity contribution in [3.05, 3.63) is 60.7 Å². The van der Waals surface area contributed by atoms with Crippen molar-refractivity contribution < 1.29 is 15.9 Å². The van der Waals surface area contributed by atoms with Crippen molar-refractivity contribution >= 4 is 60.8 Å². The van der Waals surface area contributed by atoms with Gasteiger partial charge in [0.15, 0.2) is 0 Å². The van der Waals surface area contributed by atoms with Crippen LogP contribution in [-0.2, 0) is 15.9 Å². The summed E-state index contributed by atoms with van der Waals surface area (Å²) in [5, 5.41) is 2.41. The second-order valence-electron chi connectivity index (χ2n) is 3.36. The van der Waals surface area contributed by atoms with E-state index in [1.165, 1.54) is 10.6 Å². The Balaban J connectivity index is 0.000000550. The number of halogens is 4. The number of rotatable bonds is 3. The first kappa shape index (κ1) is 17.7. The van der Waals surface area contributed by atoms with E-state index in [1.54, 1.807) is 0 Å². The quantitative estimate of drug-likeness (QED) is 0.343. The molecule has 0 nitrogen and oxygen atoms in total. The van der Waals surface area contributed by atoms with E-state index in [4.69, 9.17) is 42.3 Å². The molecule has 0 fully saturated rings. The summed E-state index contributed by atoms with van der Waals surface area (Å²) in [5.41, 5.74) is 0. The third-order valence-electron chi connectivity index (χ3n) is 2.26. The average Bonchev–Trinajstić information content (AvgIpc) is 2.42. The van der Waals surface area contributed by atoms with Gasteiger partial charge in [-0.3, -0.25) is 0 Å². The fraction of sp³-hybridized carbons (Fsp3) is 0.0769. The van der Waals surface area contributed by atoms with Crippen molar-refractivity contribution in [2.24, 2.45) is 0 Å². The number of alkyl halides is 2. The Bertz CT molecular complexity index is 413. The molecule has 0 aliphatic heterocycles. The molecule has 2 aromatic rings. The van der Waals surface area contributed by atoms with Crippen molar-refractivity contribution in [3.8, 4) is 0 Å². The first-order valence-electron chi connectivity index (χ1n) is 5.20. The van der Waals surface area contributed by atoms with Gasteiger partial charge in [-0.05, 0) is 18.5 Å². The maximum absolute atomic E-state index is 6.11. The molecule has 0 saturated heterocycles. The summed E-state index contributed by atoms with van der Waals surface area (Å²) in [7, 11) is 8.95. The predicted octanol–water partition coefficient (Wildman–Crippen LogP) is 5.26.